The first kappa shape index (κ1) is 12.4. The second kappa shape index (κ2) is 5.52. The molecule has 0 saturated heterocycles. The van der Waals surface area contributed by atoms with Crippen molar-refractivity contribution in [1.29, 1.82) is 0 Å². The van der Waals surface area contributed by atoms with Gasteiger partial charge in [-0.3, -0.25) is 0 Å². The molecule has 18 heavy (non-hydrogen) atoms. The average molecular weight is 259 g/mol. The Morgan fingerprint density at radius 3 is 2.67 bits per heavy atom. The molecule has 0 aliphatic carbocycles. The number of nitrogens with zero attached hydrogens (tertiary/aromatic N) is 2. The van der Waals surface area contributed by atoms with Crippen LogP contribution in [0.25, 0.3) is 11.4 Å². The molecule has 0 amide bonds. The van der Waals surface area contributed by atoms with E-state index >= 15 is 0 Å². The lowest BCUT2D eigenvalue weighted by molar-refractivity contribution is 0.268. The number of aromatic nitrogens is 2. The number of halogens is 1. The fraction of sp³-hybridized carbons (Fsp3) is 0.143. The van der Waals surface area contributed by atoms with E-state index in [4.69, 9.17) is 22.8 Å². The first-order valence-electron chi connectivity index (χ1n) is 5.42. The molecule has 90 valence electrons. The molecule has 0 spiro atoms. The Kier molecular flexibility index (Phi) is 3.81. The maximum absolute atomic E-state index is 5.94. The highest BCUT2D eigenvalue weighted by Gasteiger charge is 2.08. The van der Waals surface area contributed by atoms with E-state index in [2.05, 4.69) is 15.9 Å². The molecule has 0 saturated carbocycles. The van der Waals surface area contributed by atoms with Gasteiger partial charge in [0, 0.05) is 11.6 Å². The van der Waals surface area contributed by atoms with Crippen LogP contribution in [0.4, 0.5) is 0 Å². The second-order valence-electron chi connectivity index (χ2n) is 3.65. The van der Waals surface area contributed by atoms with E-state index < -0.39 is 0 Å². The van der Waals surface area contributed by atoms with Gasteiger partial charge in [0.25, 0.3) is 0 Å². The number of terminal acetylenes is 1. The van der Waals surface area contributed by atoms with Crippen LogP contribution in [0.15, 0.2) is 36.4 Å². The molecular weight excluding hydrogens is 248 g/mol. The lowest BCUT2D eigenvalue weighted by Crippen LogP contribution is -2.10. The zero-order valence-electron chi connectivity index (χ0n) is 9.80. The van der Waals surface area contributed by atoms with Crippen LogP contribution in [0, 0.1) is 12.3 Å². The lowest BCUT2D eigenvalue weighted by atomic mass is 10.2. The summed E-state index contributed by atoms with van der Waals surface area (Å²) in [5.41, 5.74) is 0.873. The fourth-order valence-corrected chi connectivity index (χ4v) is 1.56. The number of benzene rings is 1. The van der Waals surface area contributed by atoms with Gasteiger partial charge in [0.2, 0.25) is 5.88 Å². The van der Waals surface area contributed by atoms with Gasteiger partial charge in [0.15, 0.2) is 11.9 Å². The van der Waals surface area contributed by atoms with Crippen molar-refractivity contribution in [1.82, 2.24) is 9.97 Å². The van der Waals surface area contributed by atoms with Crippen molar-refractivity contribution in [2.75, 3.05) is 0 Å². The molecule has 2 rings (SSSR count). The third-order valence-corrected chi connectivity index (χ3v) is 2.43. The average Bonchev–Trinajstić information content (AvgIpc) is 2.39. The highest BCUT2D eigenvalue weighted by Crippen LogP contribution is 2.21. The summed E-state index contributed by atoms with van der Waals surface area (Å²) in [5, 5.41) is 0.322. The van der Waals surface area contributed by atoms with Crippen LogP contribution in [0.3, 0.4) is 0 Å². The Morgan fingerprint density at radius 2 is 2.00 bits per heavy atom. The topological polar surface area (TPSA) is 35.0 Å². The van der Waals surface area contributed by atoms with Gasteiger partial charge in [-0.25, -0.2) is 4.98 Å². The highest BCUT2D eigenvalue weighted by atomic mass is 35.5. The van der Waals surface area contributed by atoms with Gasteiger partial charge in [0.05, 0.1) is 0 Å². The van der Waals surface area contributed by atoms with Crippen molar-refractivity contribution in [3.05, 3.63) is 41.6 Å². The number of ether oxygens (including phenoxy) is 1. The van der Waals surface area contributed by atoms with Crippen molar-refractivity contribution >= 4 is 11.6 Å². The first-order chi connectivity index (χ1) is 8.69. The van der Waals surface area contributed by atoms with Crippen molar-refractivity contribution in [3.8, 4) is 29.6 Å². The molecule has 0 aliphatic heterocycles. The van der Waals surface area contributed by atoms with Crippen LogP contribution in [0.1, 0.15) is 6.92 Å². The van der Waals surface area contributed by atoms with E-state index in [0.29, 0.717) is 16.9 Å². The maximum Gasteiger partial charge on any atom is 0.219 e. The highest BCUT2D eigenvalue weighted by molar-refractivity contribution is 6.29. The Labute approximate surface area is 111 Å². The lowest BCUT2D eigenvalue weighted by Gasteiger charge is -2.09. The minimum absolute atomic E-state index is 0.322. The predicted octanol–water partition coefficient (Wildman–Crippen LogP) is 3.20. The molecule has 0 aliphatic rings. The summed E-state index contributed by atoms with van der Waals surface area (Å²) in [4.78, 5) is 8.44. The molecule has 1 atom stereocenters. The summed E-state index contributed by atoms with van der Waals surface area (Å²) in [6.07, 6.45) is 4.89. The smallest absolute Gasteiger partial charge is 0.219 e. The van der Waals surface area contributed by atoms with E-state index in [0.717, 1.165) is 5.56 Å². The largest absolute Gasteiger partial charge is 0.461 e. The Balaban J connectivity index is 2.36. The van der Waals surface area contributed by atoms with Gasteiger partial charge in [-0.2, -0.15) is 4.98 Å². The standard InChI is InChI=1S/C14H11ClN2O/c1-3-10(2)18-13-9-12(15)16-14(17-13)11-7-5-4-6-8-11/h1,4-10H,2H3. The van der Waals surface area contributed by atoms with Crippen molar-refractivity contribution in [2.45, 2.75) is 13.0 Å². The molecule has 0 bridgehead atoms. The number of hydrogen-bond donors (Lipinski definition) is 0. The van der Waals surface area contributed by atoms with E-state index in [-0.39, 0.29) is 6.10 Å². The maximum atomic E-state index is 5.94. The van der Waals surface area contributed by atoms with Crippen molar-refractivity contribution in [3.63, 3.8) is 0 Å². The Hall–Kier alpha value is -2.05. The van der Waals surface area contributed by atoms with Gasteiger partial charge in [0.1, 0.15) is 5.15 Å². The summed E-state index contributed by atoms with van der Waals surface area (Å²) in [6, 6.07) is 11.1. The van der Waals surface area contributed by atoms with Crippen LogP contribution in [-0.2, 0) is 0 Å². The van der Waals surface area contributed by atoms with Crippen LogP contribution >= 0.6 is 11.6 Å². The monoisotopic (exact) mass is 258 g/mol. The van der Waals surface area contributed by atoms with E-state index in [1.165, 1.54) is 0 Å². The molecule has 1 aromatic heterocycles. The molecule has 0 fully saturated rings. The molecule has 1 unspecified atom stereocenters. The van der Waals surface area contributed by atoms with E-state index in [9.17, 15) is 0 Å². The van der Waals surface area contributed by atoms with Gasteiger partial charge < -0.3 is 4.74 Å². The Morgan fingerprint density at radius 1 is 1.28 bits per heavy atom. The summed E-state index contributed by atoms with van der Waals surface area (Å²) in [5.74, 6) is 3.36. The Bertz CT molecular complexity index is 578. The SMILES string of the molecule is C#CC(C)Oc1cc(Cl)nc(-c2ccccc2)n1. The third-order valence-electron chi connectivity index (χ3n) is 2.24. The summed E-state index contributed by atoms with van der Waals surface area (Å²) in [6.45, 7) is 1.76. The zero-order valence-corrected chi connectivity index (χ0v) is 10.6. The van der Waals surface area contributed by atoms with E-state index in [1.807, 2.05) is 30.3 Å². The van der Waals surface area contributed by atoms with Crippen molar-refractivity contribution < 1.29 is 4.74 Å². The second-order valence-corrected chi connectivity index (χ2v) is 4.03. The van der Waals surface area contributed by atoms with Crippen LogP contribution in [0.2, 0.25) is 5.15 Å². The number of hydrogen-bond acceptors (Lipinski definition) is 3. The molecule has 4 heteroatoms. The predicted molar refractivity (Wildman–Crippen MR) is 71.4 cm³/mol. The fourth-order valence-electron chi connectivity index (χ4n) is 1.39. The van der Waals surface area contributed by atoms with E-state index in [1.54, 1.807) is 13.0 Å². The molecule has 1 heterocycles. The zero-order chi connectivity index (χ0) is 13.0. The molecule has 0 N–H and O–H groups in total. The molecular formula is C14H11ClN2O. The minimum Gasteiger partial charge on any atom is -0.461 e. The van der Waals surface area contributed by atoms with Gasteiger partial charge in [-0.1, -0.05) is 47.9 Å². The van der Waals surface area contributed by atoms with Crippen LogP contribution < -0.4 is 4.74 Å². The number of rotatable bonds is 3. The van der Waals surface area contributed by atoms with Gasteiger partial charge in [-0.05, 0) is 6.92 Å². The molecule has 3 nitrogen and oxygen atoms in total. The molecule has 1 aromatic carbocycles. The van der Waals surface area contributed by atoms with Crippen molar-refractivity contribution in [2.24, 2.45) is 0 Å². The summed E-state index contributed by atoms with van der Waals surface area (Å²) in [7, 11) is 0. The van der Waals surface area contributed by atoms with Crippen LogP contribution in [-0.4, -0.2) is 16.1 Å². The molecule has 2 aromatic rings. The molecule has 0 radical (unpaired) electrons. The first-order valence-corrected chi connectivity index (χ1v) is 5.79. The summed E-state index contributed by atoms with van der Waals surface area (Å²) >= 11 is 5.94. The normalized spacial score (nSPS) is 11.6. The summed E-state index contributed by atoms with van der Waals surface area (Å²) < 4.78 is 5.43. The van der Waals surface area contributed by atoms with Gasteiger partial charge >= 0.3 is 0 Å². The van der Waals surface area contributed by atoms with Gasteiger partial charge in [-0.15, -0.1) is 6.42 Å². The quantitative estimate of drug-likeness (QED) is 0.626. The third kappa shape index (κ3) is 2.99. The van der Waals surface area contributed by atoms with Crippen LogP contribution in [0.5, 0.6) is 5.88 Å². The minimum atomic E-state index is -0.361.